The summed E-state index contributed by atoms with van der Waals surface area (Å²) in [5.41, 5.74) is 1.17. The molecule has 1 aliphatic rings. The van der Waals surface area contributed by atoms with E-state index in [1.807, 2.05) is 0 Å². The second kappa shape index (κ2) is 9.27. The van der Waals surface area contributed by atoms with Gasteiger partial charge in [0.2, 0.25) is 5.91 Å². The van der Waals surface area contributed by atoms with E-state index in [2.05, 4.69) is 15.5 Å². The molecule has 1 aliphatic heterocycles. The van der Waals surface area contributed by atoms with E-state index < -0.39 is 0 Å². The highest BCUT2D eigenvalue weighted by Gasteiger charge is 2.14. The van der Waals surface area contributed by atoms with Gasteiger partial charge < -0.3 is 15.4 Å². The number of benzene rings is 1. The third kappa shape index (κ3) is 6.00. The van der Waals surface area contributed by atoms with Crippen LogP contribution in [0.4, 0.5) is 5.69 Å². The van der Waals surface area contributed by atoms with Gasteiger partial charge in [-0.3, -0.25) is 14.5 Å². The number of amides is 2. The number of hydrogen-bond donors (Lipinski definition) is 2. The maximum absolute atomic E-state index is 12.1. The van der Waals surface area contributed by atoms with E-state index in [1.165, 1.54) is 6.42 Å². The summed E-state index contributed by atoms with van der Waals surface area (Å²) in [6.07, 6.45) is 3.56. The normalized spacial score (nSPS) is 15.2. The van der Waals surface area contributed by atoms with Gasteiger partial charge in [0.25, 0.3) is 5.91 Å². The molecule has 0 bridgehead atoms. The maximum Gasteiger partial charge on any atom is 0.251 e. The van der Waals surface area contributed by atoms with Crippen LogP contribution in [0.3, 0.4) is 0 Å². The van der Waals surface area contributed by atoms with Crippen molar-refractivity contribution in [3.8, 4) is 0 Å². The molecule has 0 atom stereocenters. The molecule has 23 heavy (non-hydrogen) atoms. The van der Waals surface area contributed by atoms with E-state index >= 15 is 0 Å². The zero-order valence-electron chi connectivity index (χ0n) is 13.6. The number of anilines is 1. The molecule has 1 aromatic carbocycles. The van der Waals surface area contributed by atoms with Gasteiger partial charge in [0.15, 0.2) is 0 Å². The topological polar surface area (TPSA) is 70.7 Å². The van der Waals surface area contributed by atoms with Crippen LogP contribution in [0.25, 0.3) is 0 Å². The van der Waals surface area contributed by atoms with Crippen LogP contribution in [-0.4, -0.2) is 56.6 Å². The van der Waals surface area contributed by atoms with Crippen LogP contribution in [-0.2, 0) is 9.53 Å². The standard InChI is InChI=1S/C17H25N3O3/c1-23-11-8-18-17(22)14-6-5-7-15(12-14)19-16(21)13-20-9-3-2-4-10-20/h5-7,12H,2-4,8-11,13H2,1H3,(H,18,22)(H,19,21). The van der Waals surface area contributed by atoms with Gasteiger partial charge in [-0.25, -0.2) is 0 Å². The van der Waals surface area contributed by atoms with E-state index in [9.17, 15) is 9.59 Å². The number of hydrogen-bond acceptors (Lipinski definition) is 4. The summed E-state index contributed by atoms with van der Waals surface area (Å²) in [5.74, 6) is -0.210. The number of rotatable bonds is 7. The van der Waals surface area contributed by atoms with Crippen molar-refractivity contribution in [2.75, 3.05) is 45.2 Å². The first kappa shape index (κ1) is 17.4. The van der Waals surface area contributed by atoms with E-state index in [-0.39, 0.29) is 11.8 Å². The van der Waals surface area contributed by atoms with Crippen LogP contribution in [0.5, 0.6) is 0 Å². The summed E-state index contributed by atoms with van der Waals surface area (Å²) in [4.78, 5) is 26.3. The molecule has 1 saturated heterocycles. The molecule has 1 heterocycles. The molecule has 1 aromatic rings. The van der Waals surface area contributed by atoms with E-state index in [1.54, 1.807) is 31.4 Å². The molecule has 0 radical (unpaired) electrons. The van der Waals surface area contributed by atoms with E-state index in [0.717, 1.165) is 25.9 Å². The Hall–Kier alpha value is -1.92. The lowest BCUT2D eigenvalue weighted by atomic mass is 10.1. The van der Waals surface area contributed by atoms with Gasteiger partial charge in [-0.2, -0.15) is 0 Å². The van der Waals surface area contributed by atoms with Gasteiger partial charge in [0, 0.05) is 24.9 Å². The highest BCUT2D eigenvalue weighted by molar-refractivity contribution is 5.97. The third-order valence-electron chi connectivity index (χ3n) is 3.82. The summed E-state index contributed by atoms with van der Waals surface area (Å²) in [5, 5.41) is 5.63. The van der Waals surface area contributed by atoms with Crippen molar-refractivity contribution in [3.63, 3.8) is 0 Å². The fourth-order valence-electron chi connectivity index (χ4n) is 2.63. The fraction of sp³-hybridized carbons (Fsp3) is 0.529. The summed E-state index contributed by atoms with van der Waals surface area (Å²) >= 11 is 0. The Morgan fingerprint density at radius 2 is 2.00 bits per heavy atom. The Kier molecular flexibility index (Phi) is 7.03. The van der Waals surface area contributed by atoms with Crippen LogP contribution < -0.4 is 10.6 Å². The number of nitrogens with zero attached hydrogens (tertiary/aromatic N) is 1. The number of carbonyl (C=O) groups is 2. The second-order valence-corrected chi connectivity index (χ2v) is 5.71. The molecule has 0 unspecified atom stereocenters. The minimum Gasteiger partial charge on any atom is -0.383 e. The highest BCUT2D eigenvalue weighted by Crippen LogP contribution is 2.12. The monoisotopic (exact) mass is 319 g/mol. The first-order chi connectivity index (χ1) is 11.2. The van der Waals surface area contributed by atoms with Gasteiger partial charge in [-0.05, 0) is 44.1 Å². The van der Waals surface area contributed by atoms with Gasteiger partial charge in [-0.15, -0.1) is 0 Å². The maximum atomic E-state index is 12.1. The minimum atomic E-state index is -0.172. The zero-order chi connectivity index (χ0) is 16.5. The number of methoxy groups -OCH3 is 1. The molecule has 6 heteroatoms. The lowest BCUT2D eigenvalue weighted by molar-refractivity contribution is -0.117. The molecule has 2 N–H and O–H groups in total. The largest absolute Gasteiger partial charge is 0.383 e. The summed E-state index contributed by atoms with van der Waals surface area (Å²) < 4.78 is 4.90. The van der Waals surface area contributed by atoms with Crippen molar-refractivity contribution < 1.29 is 14.3 Å². The Labute approximate surface area is 137 Å². The molecule has 2 amide bonds. The molecule has 0 spiro atoms. The van der Waals surface area contributed by atoms with Gasteiger partial charge in [0.05, 0.1) is 13.2 Å². The molecule has 0 aliphatic carbocycles. The molecule has 1 fully saturated rings. The van der Waals surface area contributed by atoms with Crippen molar-refractivity contribution in [2.24, 2.45) is 0 Å². The van der Waals surface area contributed by atoms with Crippen molar-refractivity contribution in [1.82, 2.24) is 10.2 Å². The van der Waals surface area contributed by atoms with Crippen molar-refractivity contribution in [3.05, 3.63) is 29.8 Å². The Balaban J connectivity index is 1.86. The Bertz CT molecular complexity index is 528. The van der Waals surface area contributed by atoms with Crippen LogP contribution in [0.1, 0.15) is 29.6 Å². The first-order valence-corrected chi connectivity index (χ1v) is 8.08. The zero-order valence-corrected chi connectivity index (χ0v) is 13.6. The van der Waals surface area contributed by atoms with Crippen LogP contribution in [0.15, 0.2) is 24.3 Å². The van der Waals surface area contributed by atoms with Gasteiger partial charge in [0.1, 0.15) is 0 Å². The second-order valence-electron chi connectivity index (χ2n) is 5.71. The summed E-state index contributed by atoms with van der Waals surface area (Å²) in [6, 6.07) is 6.97. The number of nitrogens with one attached hydrogen (secondary N) is 2. The molecular formula is C17H25N3O3. The molecule has 0 aromatic heterocycles. The lowest BCUT2D eigenvalue weighted by Gasteiger charge is -2.25. The van der Waals surface area contributed by atoms with Gasteiger partial charge in [-0.1, -0.05) is 12.5 Å². The third-order valence-corrected chi connectivity index (χ3v) is 3.82. The van der Waals surface area contributed by atoms with Crippen LogP contribution in [0.2, 0.25) is 0 Å². The SMILES string of the molecule is COCCNC(=O)c1cccc(NC(=O)CN2CCCCC2)c1. The lowest BCUT2D eigenvalue weighted by Crippen LogP contribution is -2.36. The first-order valence-electron chi connectivity index (χ1n) is 8.08. The highest BCUT2D eigenvalue weighted by atomic mass is 16.5. The van der Waals surface area contributed by atoms with Crippen molar-refractivity contribution in [2.45, 2.75) is 19.3 Å². The fourth-order valence-corrected chi connectivity index (χ4v) is 2.63. The average Bonchev–Trinajstić information content (AvgIpc) is 2.56. The van der Waals surface area contributed by atoms with Crippen LogP contribution >= 0.6 is 0 Å². The Morgan fingerprint density at radius 1 is 1.22 bits per heavy atom. The molecular weight excluding hydrogens is 294 g/mol. The smallest absolute Gasteiger partial charge is 0.251 e. The molecule has 0 saturated carbocycles. The van der Waals surface area contributed by atoms with E-state index in [4.69, 9.17) is 4.74 Å². The average molecular weight is 319 g/mol. The minimum absolute atomic E-state index is 0.0381. The van der Waals surface area contributed by atoms with Gasteiger partial charge >= 0.3 is 0 Å². The van der Waals surface area contributed by atoms with Crippen LogP contribution in [0, 0.1) is 0 Å². The molecule has 2 rings (SSSR count). The molecule has 126 valence electrons. The van der Waals surface area contributed by atoms with E-state index in [0.29, 0.717) is 30.9 Å². The quantitative estimate of drug-likeness (QED) is 0.747. The predicted molar refractivity (Wildman–Crippen MR) is 89.6 cm³/mol. The predicted octanol–water partition coefficient (Wildman–Crippen LogP) is 1.49. The van der Waals surface area contributed by atoms with Crippen molar-refractivity contribution >= 4 is 17.5 Å². The Morgan fingerprint density at radius 3 is 2.74 bits per heavy atom. The molecule has 6 nitrogen and oxygen atoms in total. The summed E-state index contributed by atoms with van der Waals surface area (Å²) in [6.45, 7) is 3.30. The van der Waals surface area contributed by atoms with Crippen molar-refractivity contribution in [1.29, 1.82) is 0 Å². The number of piperidine rings is 1. The number of ether oxygens (including phenoxy) is 1. The number of likely N-dealkylation sites (tertiary alicyclic amines) is 1. The number of carbonyl (C=O) groups excluding carboxylic acids is 2. The summed E-state index contributed by atoms with van der Waals surface area (Å²) in [7, 11) is 1.59.